The average Bonchev–Trinajstić information content (AvgIpc) is 2.29. The normalized spacial score (nSPS) is 10.0. The molecule has 0 spiro atoms. The zero-order chi connectivity index (χ0) is 12.1. The minimum Gasteiger partial charge on any atom is -0.452 e. The van der Waals surface area contributed by atoms with Gasteiger partial charge in [-0.25, -0.2) is 9.18 Å². The van der Waals surface area contributed by atoms with Crippen molar-refractivity contribution in [2.45, 2.75) is 13.3 Å². The van der Waals surface area contributed by atoms with Crippen molar-refractivity contribution in [1.29, 1.82) is 0 Å². The molecule has 5 heteroatoms. The van der Waals surface area contributed by atoms with Crippen LogP contribution in [0.4, 0.5) is 14.9 Å². The summed E-state index contributed by atoms with van der Waals surface area (Å²) in [5.41, 5.74) is 0.495. The summed E-state index contributed by atoms with van der Waals surface area (Å²) in [4.78, 5) is 12.9. The molecule has 0 aliphatic heterocycles. The fourth-order valence-corrected chi connectivity index (χ4v) is 1.56. The standard InChI is InChI=1S/C11H13BrFNO2/c1-3-6-14(11(15)16-2)8-4-5-9(12)10(13)7-8/h4-5,7H,3,6H2,1-2H3. The van der Waals surface area contributed by atoms with Crippen LogP contribution in [0.25, 0.3) is 0 Å². The van der Waals surface area contributed by atoms with Gasteiger partial charge in [0, 0.05) is 6.54 Å². The van der Waals surface area contributed by atoms with Gasteiger partial charge in [-0.15, -0.1) is 0 Å². The first-order valence-electron chi connectivity index (χ1n) is 4.90. The number of ether oxygens (including phenoxy) is 1. The van der Waals surface area contributed by atoms with E-state index in [2.05, 4.69) is 20.7 Å². The Morgan fingerprint density at radius 3 is 2.75 bits per heavy atom. The number of benzene rings is 1. The number of hydrogen-bond acceptors (Lipinski definition) is 2. The Kier molecular flexibility index (Phi) is 4.73. The van der Waals surface area contributed by atoms with E-state index in [4.69, 9.17) is 0 Å². The van der Waals surface area contributed by atoms with Gasteiger partial charge in [0.1, 0.15) is 5.82 Å². The summed E-state index contributed by atoms with van der Waals surface area (Å²) < 4.78 is 18.3. The zero-order valence-electron chi connectivity index (χ0n) is 9.17. The third kappa shape index (κ3) is 2.95. The molecular weight excluding hydrogens is 277 g/mol. The predicted molar refractivity (Wildman–Crippen MR) is 64.1 cm³/mol. The van der Waals surface area contributed by atoms with Crippen LogP contribution >= 0.6 is 15.9 Å². The van der Waals surface area contributed by atoms with Gasteiger partial charge in [-0.3, -0.25) is 4.90 Å². The largest absolute Gasteiger partial charge is 0.452 e. The lowest BCUT2D eigenvalue weighted by molar-refractivity contribution is 0.178. The van der Waals surface area contributed by atoms with Crippen LogP contribution in [0.15, 0.2) is 22.7 Å². The van der Waals surface area contributed by atoms with Crippen LogP contribution in [0.2, 0.25) is 0 Å². The van der Waals surface area contributed by atoms with E-state index >= 15 is 0 Å². The van der Waals surface area contributed by atoms with Gasteiger partial charge in [0.25, 0.3) is 0 Å². The quantitative estimate of drug-likeness (QED) is 0.851. The van der Waals surface area contributed by atoms with Crippen LogP contribution in [0.3, 0.4) is 0 Å². The van der Waals surface area contributed by atoms with E-state index in [9.17, 15) is 9.18 Å². The first-order chi connectivity index (χ1) is 7.60. The monoisotopic (exact) mass is 289 g/mol. The fraction of sp³-hybridized carbons (Fsp3) is 0.364. The van der Waals surface area contributed by atoms with Crippen molar-refractivity contribution < 1.29 is 13.9 Å². The number of anilines is 1. The van der Waals surface area contributed by atoms with Gasteiger partial charge < -0.3 is 4.74 Å². The molecule has 3 nitrogen and oxygen atoms in total. The maximum Gasteiger partial charge on any atom is 0.413 e. The van der Waals surface area contributed by atoms with Crippen molar-refractivity contribution in [2.75, 3.05) is 18.6 Å². The van der Waals surface area contributed by atoms with Gasteiger partial charge in [0.2, 0.25) is 0 Å². The van der Waals surface area contributed by atoms with Gasteiger partial charge in [-0.2, -0.15) is 0 Å². The highest BCUT2D eigenvalue weighted by Crippen LogP contribution is 2.23. The summed E-state index contributed by atoms with van der Waals surface area (Å²) in [5.74, 6) is -0.400. The lowest BCUT2D eigenvalue weighted by atomic mass is 10.2. The van der Waals surface area contributed by atoms with E-state index in [1.165, 1.54) is 18.1 Å². The third-order valence-electron chi connectivity index (χ3n) is 2.06. The molecule has 1 aromatic rings. The van der Waals surface area contributed by atoms with E-state index in [0.717, 1.165) is 6.42 Å². The maximum atomic E-state index is 13.3. The zero-order valence-corrected chi connectivity index (χ0v) is 10.8. The topological polar surface area (TPSA) is 29.5 Å². The number of carbonyl (C=O) groups excluding carboxylic acids is 1. The summed E-state index contributed by atoms with van der Waals surface area (Å²) in [6.07, 6.45) is 0.288. The molecule has 0 bridgehead atoms. The van der Waals surface area contributed by atoms with Crippen LogP contribution in [-0.4, -0.2) is 19.7 Å². The van der Waals surface area contributed by atoms with Crippen LogP contribution < -0.4 is 4.90 Å². The van der Waals surface area contributed by atoms with Crippen molar-refractivity contribution in [2.24, 2.45) is 0 Å². The first kappa shape index (κ1) is 13.0. The molecule has 1 rings (SSSR count). The molecule has 0 unspecified atom stereocenters. The van der Waals surface area contributed by atoms with Gasteiger partial charge in [-0.1, -0.05) is 6.92 Å². The van der Waals surface area contributed by atoms with Gasteiger partial charge in [0.05, 0.1) is 17.3 Å². The van der Waals surface area contributed by atoms with Gasteiger partial charge >= 0.3 is 6.09 Å². The molecule has 0 aromatic heterocycles. The second-order valence-electron chi connectivity index (χ2n) is 3.22. The second kappa shape index (κ2) is 5.84. The molecule has 0 heterocycles. The van der Waals surface area contributed by atoms with E-state index in [-0.39, 0.29) is 0 Å². The Morgan fingerprint density at radius 1 is 1.56 bits per heavy atom. The Morgan fingerprint density at radius 2 is 2.25 bits per heavy atom. The fourth-order valence-electron chi connectivity index (χ4n) is 1.31. The molecule has 1 amide bonds. The molecule has 0 N–H and O–H groups in total. The van der Waals surface area contributed by atoms with Gasteiger partial charge in [0.15, 0.2) is 0 Å². The van der Waals surface area contributed by atoms with Crippen molar-refractivity contribution in [3.8, 4) is 0 Å². The van der Waals surface area contributed by atoms with E-state index < -0.39 is 11.9 Å². The second-order valence-corrected chi connectivity index (χ2v) is 4.07. The molecule has 1 aromatic carbocycles. The Bertz CT molecular complexity index is 384. The Hall–Kier alpha value is -1.10. The third-order valence-corrected chi connectivity index (χ3v) is 2.70. The minimum absolute atomic E-state index is 0.373. The van der Waals surface area contributed by atoms with Crippen LogP contribution in [0.5, 0.6) is 0 Å². The number of hydrogen-bond donors (Lipinski definition) is 0. The number of nitrogens with zero attached hydrogens (tertiary/aromatic N) is 1. The SMILES string of the molecule is CCCN(C(=O)OC)c1ccc(Br)c(F)c1. The number of carbonyl (C=O) groups is 1. The minimum atomic E-state index is -0.483. The van der Waals surface area contributed by atoms with E-state index in [0.29, 0.717) is 16.7 Å². The van der Waals surface area contributed by atoms with E-state index in [1.807, 2.05) is 6.92 Å². The molecule has 0 saturated heterocycles. The maximum absolute atomic E-state index is 13.3. The molecule has 88 valence electrons. The molecule has 0 aliphatic rings. The van der Waals surface area contributed by atoms with Crippen LogP contribution in [0.1, 0.15) is 13.3 Å². The Labute approximate surface area is 102 Å². The van der Waals surface area contributed by atoms with Crippen molar-refractivity contribution in [3.63, 3.8) is 0 Å². The number of halogens is 2. The molecule has 0 saturated carbocycles. The average molecular weight is 290 g/mol. The molecule has 0 atom stereocenters. The lowest BCUT2D eigenvalue weighted by Crippen LogP contribution is -2.31. The lowest BCUT2D eigenvalue weighted by Gasteiger charge is -2.20. The predicted octanol–water partition coefficient (Wildman–Crippen LogP) is 3.57. The summed E-state index contributed by atoms with van der Waals surface area (Å²) >= 11 is 3.06. The first-order valence-corrected chi connectivity index (χ1v) is 5.70. The molecule has 0 fully saturated rings. The highest BCUT2D eigenvalue weighted by molar-refractivity contribution is 9.10. The summed E-state index contributed by atoms with van der Waals surface area (Å²) in [6, 6.07) is 4.53. The van der Waals surface area contributed by atoms with Crippen molar-refractivity contribution in [1.82, 2.24) is 0 Å². The van der Waals surface area contributed by atoms with Crippen molar-refractivity contribution >= 4 is 27.7 Å². The van der Waals surface area contributed by atoms with Crippen LogP contribution in [0, 0.1) is 5.82 Å². The summed E-state index contributed by atoms with van der Waals surface area (Å²) in [5, 5.41) is 0. The number of amides is 1. The van der Waals surface area contributed by atoms with E-state index in [1.54, 1.807) is 12.1 Å². The molecular formula is C11H13BrFNO2. The molecule has 16 heavy (non-hydrogen) atoms. The van der Waals surface area contributed by atoms with Crippen LogP contribution in [-0.2, 0) is 4.74 Å². The smallest absolute Gasteiger partial charge is 0.413 e. The highest BCUT2D eigenvalue weighted by Gasteiger charge is 2.16. The molecule has 0 radical (unpaired) electrons. The summed E-state index contributed by atoms with van der Waals surface area (Å²) in [6.45, 7) is 2.43. The van der Waals surface area contributed by atoms with Gasteiger partial charge in [-0.05, 0) is 40.5 Å². The number of methoxy groups -OCH3 is 1. The molecule has 0 aliphatic carbocycles. The summed E-state index contributed by atoms with van der Waals surface area (Å²) in [7, 11) is 1.31. The van der Waals surface area contributed by atoms with Crippen molar-refractivity contribution in [3.05, 3.63) is 28.5 Å². The Balaban J connectivity index is 3.01. The number of rotatable bonds is 3. The highest BCUT2D eigenvalue weighted by atomic mass is 79.9.